The van der Waals surface area contributed by atoms with Crippen LogP contribution in [0.25, 0.3) is 10.8 Å². The molecule has 3 aromatic carbocycles. The molecule has 1 N–H and O–H groups in total. The van der Waals surface area contributed by atoms with Crippen molar-refractivity contribution in [3.8, 4) is 17.2 Å². The number of benzene rings is 3. The molecule has 1 amide bonds. The molecule has 7 nitrogen and oxygen atoms in total. The third-order valence-corrected chi connectivity index (χ3v) is 5.10. The van der Waals surface area contributed by atoms with Gasteiger partial charge in [-0.2, -0.15) is 0 Å². The van der Waals surface area contributed by atoms with Gasteiger partial charge in [-0.05, 0) is 42.1 Å². The summed E-state index contributed by atoms with van der Waals surface area (Å²) >= 11 is 0. The minimum absolute atomic E-state index is 0.288. The van der Waals surface area contributed by atoms with Gasteiger partial charge in [0, 0.05) is 5.39 Å². The molecular formula is C24H23NO6. The lowest BCUT2D eigenvalue weighted by molar-refractivity contribution is -0.124. The summed E-state index contributed by atoms with van der Waals surface area (Å²) in [6, 6.07) is 16.0. The summed E-state index contributed by atoms with van der Waals surface area (Å²) in [6.45, 7) is 2.48. The Kier molecular flexibility index (Phi) is 5.93. The minimum atomic E-state index is -0.569. The number of hydrogen-bond donors (Lipinski definition) is 1. The highest BCUT2D eigenvalue weighted by atomic mass is 16.6. The van der Waals surface area contributed by atoms with Crippen molar-refractivity contribution in [1.29, 1.82) is 0 Å². The van der Waals surface area contributed by atoms with E-state index in [1.54, 1.807) is 19.2 Å². The Morgan fingerprint density at radius 3 is 2.52 bits per heavy atom. The van der Waals surface area contributed by atoms with E-state index in [0.29, 0.717) is 41.4 Å². The van der Waals surface area contributed by atoms with Crippen LogP contribution in [0.5, 0.6) is 17.2 Å². The van der Waals surface area contributed by atoms with Crippen LogP contribution < -0.4 is 19.5 Å². The first-order valence-corrected chi connectivity index (χ1v) is 9.98. The number of hydrogen-bond acceptors (Lipinski definition) is 6. The fourth-order valence-corrected chi connectivity index (χ4v) is 3.53. The number of rotatable bonds is 6. The van der Waals surface area contributed by atoms with Crippen molar-refractivity contribution in [3.63, 3.8) is 0 Å². The second-order valence-electron chi connectivity index (χ2n) is 7.13. The number of esters is 1. The zero-order valence-electron chi connectivity index (χ0n) is 17.3. The summed E-state index contributed by atoms with van der Waals surface area (Å²) in [5.41, 5.74) is 1.24. The molecule has 0 radical (unpaired) electrons. The van der Waals surface area contributed by atoms with Crippen LogP contribution in [0, 0.1) is 0 Å². The lowest BCUT2D eigenvalue weighted by Gasteiger charge is -2.21. The smallest absolute Gasteiger partial charge is 0.339 e. The molecule has 1 atom stereocenters. The molecule has 31 heavy (non-hydrogen) atoms. The molecule has 0 fully saturated rings. The summed E-state index contributed by atoms with van der Waals surface area (Å²) in [5, 5.41) is 4.34. The number of amides is 1. The zero-order chi connectivity index (χ0) is 21.8. The van der Waals surface area contributed by atoms with Crippen molar-refractivity contribution >= 4 is 22.6 Å². The van der Waals surface area contributed by atoms with Gasteiger partial charge in [-0.1, -0.05) is 30.3 Å². The predicted molar refractivity (Wildman–Crippen MR) is 115 cm³/mol. The Labute approximate surface area is 179 Å². The number of fused-ring (bicyclic) bond motifs is 2. The number of nitrogens with one attached hydrogen (secondary N) is 1. The van der Waals surface area contributed by atoms with Crippen molar-refractivity contribution in [3.05, 3.63) is 65.7 Å². The SMILES string of the molecule is COc1ccc(C(=O)OCC(=O)N[C@H](C)c2ccc3c(c2)OCCO3)c2ccccc12. The molecule has 3 aromatic rings. The second-order valence-corrected chi connectivity index (χ2v) is 7.13. The molecule has 0 spiro atoms. The second kappa shape index (κ2) is 8.95. The van der Waals surface area contributed by atoms with E-state index in [-0.39, 0.29) is 12.6 Å². The van der Waals surface area contributed by atoms with Crippen LogP contribution >= 0.6 is 0 Å². The maximum Gasteiger partial charge on any atom is 0.339 e. The van der Waals surface area contributed by atoms with Gasteiger partial charge >= 0.3 is 5.97 Å². The van der Waals surface area contributed by atoms with E-state index in [4.69, 9.17) is 18.9 Å². The highest BCUT2D eigenvalue weighted by Gasteiger charge is 2.18. The van der Waals surface area contributed by atoms with Crippen LogP contribution in [0.15, 0.2) is 54.6 Å². The Morgan fingerprint density at radius 2 is 1.74 bits per heavy atom. The zero-order valence-corrected chi connectivity index (χ0v) is 17.3. The first kappa shape index (κ1) is 20.5. The molecule has 1 aliphatic heterocycles. The Morgan fingerprint density at radius 1 is 1.00 bits per heavy atom. The standard InChI is InChI=1S/C24H23NO6/c1-15(16-7-9-21-22(13-16)30-12-11-29-21)25-23(26)14-31-24(27)19-8-10-20(28-2)18-6-4-3-5-17(18)19/h3-10,13,15H,11-12,14H2,1-2H3,(H,25,26)/t15-/m1/s1. The van der Waals surface area contributed by atoms with Gasteiger partial charge in [0.25, 0.3) is 5.91 Å². The normalized spacial score (nSPS) is 13.4. The molecule has 160 valence electrons. The summed E-state index contributed by atoms with van der Waals surface area (Å²) in [7, 11) is 1.58. The third-order valence-electron chi connectivity index (χ3n) is 5.10. The maximum absolute atomic E-state index is 12.6. The third kappa shape index (κ3) is 4.40. The van der Waals surface area contributed by atoms with Crippen LogP contribution in [0.3, 0.4) is 0 Å². The van der Waals surface area contributed by atoms with E-state index in [2.05, 4.69) is 5.32 Å². The van der Waals surface area contributed by atoms with Crippen molar-refractivity contribution in [2.24, 2.45) is 0 Å². The van der Waals surface area contributed by atoms with Crippen LogP contribution in [0.1, 0.15) is 28.9 Å². The lowest BCUT2D eigenvalue weighted by Crippen LogP contribution is -2.31. The van der Waals surface area contributed by atoms with Gasteiger partial charge in [0.15, 0.2) is 18.1 Å². The van der Waals surface area contributed by atoms with E-state index in [0.717, 1.165) is 10.9 Å². The first-order chi connectivity index (χ1) is 15.1. The van der Waals surface area contributed by atoms with Crippen LogP contribution in [0.4, 0.5) is 0 Å². The summed E-state index contributed by atoms with van der Waals surface area (Å²) in [4.78, 5) is 25.0. The van der Waals surface area contributed by atoms with Gasteiger partial charge in [-0.15, -0.1) is 0 Å². The van der Waals surface area contributed by atoms with Crippen molar-refractivity contribution in [2.75, 3.05) is 26.9 Å². The number of methoxy groups -OCH3 is 1. The first-order valence-electron chi connectivity index (χ1n) is 9.98. The van der Waals surface area contributed by atoms with Gasteiger partial charge in [0.05, 0.1) is 18.7 Å². The number of ether oxygens (including phenoxy) is 4. The summed E-state index contributed by atoms with van der Waals surface area (Å²) in [6.07, 6.45) is 0. The lowest BCUT2D eigenvalue weighted by atomic mass is 10.0. The molecule has 4 rings (SSSR count). The average molecular weight is 421 g/mol. The Bertz CT molecular complexity index is 1130. The van der Waals surface area contributed by atoms with E-state index < -0.39 is 11.9 Å². The Hall–Kier alpha value is -3.74. The van der Waals surface area contributed by atoms with Gasteiger partial charge in [0.2, 0.25) is 0 Å². The number of carbonyl (C=O) groups is 2. The molecule has 0 bridgehead atoms. The highest BCUT2D eigenvalue weighted by molar-refractivity contribution is 6.06. The molecular weight excluding hydrogens is 398 g/mol. The highest BCUT2D eigenvalue weighted by Crippen LogP contribution is 2.32. The van der Waals surface area contributed by atoms with Crippen molar-refractivity contribution in [1.82, 2.24) is 5.32 Å². The molecule has 0 saturated heterocycles. The summed E-state index contributed by atoms with van der Waals surface area (Å²) in [5.74, 6) is 1.05. The van der Waals surface area contributed by atoms with Crippen molar-refractivity contribution in [2.45, 2.75) is 13.0 Å². The Balaban J connectivity index is 1.39. The average Bonchev–Trinajstić information content (AvgIpc) is 2.81. The molecule has 7 heteroatoms. The molecule has 1 aliphatic rings. The van der Waals surface area contributed by atoms with Crippen LogP contribution in [-0.4, -0.2) is 38.8 Å². The molecule has 0 unspecified atom stereocenters. The number of carbonyl (C=O) groups excluding carboxylic acids is 2. The maximum atomic E-state index is 12.6. The fraction of sp³-hybridized carbons (Fsp3) is 0.250. The quantitative estimate of drug-likeness (QED) is 0.612. The monoisotopic (exact) mass is 421 g/mol. The summed E-state index contributed by atoms with van der Waals surface area (Å²) < 4.78 is 21.7. The molecule has 0 saturated carbocycles. The fourth-order valence-electron chi connectivity index (χ4n) is 3.53. The molecule has 0 aliphatic carbocycles. The topological polar surface area (TPSA) is 83.1 Å². The van der Waals surface area contributed by atoms with E-state index in [1.807, 2.05) is 49.4 Å². The van der Waals surface area contributed by atoms with Gasteiger partial charge < -0.3 is 24.3 Å². The van der Waals surface area contributed by atoms with Crippen LogP contribution in [-0.2, 0) is 9.53 Å². The largest absolute Gasteiger partial charge is 0.496 e. The van der Waals surface area contributed by atoms with Crippen LogP contribution in [0.2, 0.25) is 0 Å². The van der Waals surface area contributed by atoms with Gasteiger partial charge in [-0.3, -0.25) is 4.79 Å². The van der Waals surface area contributed by atoms with E-state index in [1.165, 1.54) is 0 Å². The van der Waals surface area contributed by atoms with Gasteiger partial charge in [0.1, 0.15) is 19.0 Å². The van der Waals surface area contributed by atoms with Gasteiger partial charge in [-0.25, -0.2) is 4.79 Å². The van der Waals surface area contributed by atoms with E-state index >= 15 is 0 Å². The predicted octanol–water partition coefficient (Wildman–Crippen LogP) is 3.65. The molecule has 0 aromatic heterocycles. The van der Waals surface area contributed by atoms with Crippen molar-refractivity contribution < 1.29 is 28.5 Å². The minimum Gasteiger partial charge on any atom is -0.496 e. The molecule has 1 heterocycles. The van der Waals surface area contributed by atoms with E-state index in [9.17, 15) is 9.59 Å².